The third kappa shape index (κ3) is 3.59. The second-order valence-electron chi connectivity index (χ2n) is 4.80. The number of carbonyl (C=O) groups excluding carboxylic acids is 1. The van der Waals surface area contributed by atoms with Crippen molar-refractivity contribution >= 4 is 11.9 Å². The predicted octanol–water partition coefficient (Wildman–Crippen LogP) is 2.24. The van der Waals surface area contributed by atoms with Crippen molar-refractivity contribution in [3.63, 3.8) is 0 Å². The molecule has 0 saturated carbocycles. The first-order chi connectivity index (χ1) is 8.90. The van der Waals surface area contributed by atoms with E-state index in [1.165, 1.54) is 0 Å². The lowest BCUT2D eigenvalue weighted by Gasteiger charge is -2.16. The first-order valence-electron chi connectivity index (χ1n) is 6.55. The molecule has 19 heavy (non-hydrogen) atoms. The van der Waals surface area contributed by atoms with Crippen molar-refractivity contribution < 1.29 is 19.1 Å². The summed E-state index contributed by atoms with van der Waals surface area (Å²) >= 11 is 0. The molecule has 1 heterocycles. The molecule has 0 saturated heterocycles. The fraction of sp³-hybridized carbons (Fsp3) is 0.571. The second-order valence-corrected chi connectivity index (χ2v) is 4.80. The van der Waals surface area contributed by atoms with Gasteiger partial charge in [0.05, 0.1) is 0 Å². The summed E-state index contributed by atoms with van der Waals surface area (Å²) in [5.74, 6) is -0.741. The van der Waals surface area contributed by atoms with Crippen molar-refractivity contribution in [1.82, 2.24) is 5.32 Å². The predicted molar refractivity (Wildman–Crippen MR) is 71.2 cm³/mol. The van der Waals surface area contributed by atoms with Gasteiger partial charge in [0.25, 0.3) is 5.91 Å². The molecule has 0 unspecified atom stereocenters. The average Bonchev–Trinajstić information content (AvgIpc) is 2.77. The molecule has 1 aromatic heterocycles. The number of amides is 1. The summed E-state index contributed by atoms with van der Waals surface area (Å²) in [6.45, 7) is 7.43. The zero-order valence-electron chi connectivity index (χ0n) is 11.8. The highest BCUT2D eigenvalue weighted by atomic mass is 16.4. The van der Waals surface area contributed by atoms with Crippen LogP contribution in [0.1, 0.15) is 49.6 Å². The first kappa shape index (κ1) is 15.3. The number of hydrogen-bond donors (Lipinski definition) is 2. The minimum absolute atomic E-state index is 0.181. The Balaban J connectivity index is 2.88. The van der Waals surface area contributed by atoms with E-state index in [1.54, 1.807) is 19.9 Å². The van der Waals surface area contributed by atoms with Gasteiger partial charge in [-0.3, -0.25) is 4.79 Å². The highest BCUT2D eigenvalue weighted by Crippen LogP contribution is 2.17. The minimum atomic E-state index is -1.04. The zero-order chi connectivity index (χ0) is 14.6. The maximum atomic E-state index is 12.0. The molecule has 5 heteroatoms. The van der Waals surface area contributed by atoms with Crippen LogP contribution in [0.25, 0.3) is 0 Å². The molecule has 0 aromatic carbocycles. The normalized spacial score (nSPS) is 12.5. The van der Waals surface area contributed by atoms with Crippen molar-refractivity contribution in [2.45, 2.75) is 46.6 Å². The van der Waals surface area contributed by atoms with Gasteiger partial charge >= 0.3 is 5.97 Å². The van der Waals surface area contributed by atoms with E-state index in [4.69, 9.17) is 9.52 Å². The van der Waals surface area contributed by atoms with E-state index >= 15 is 0 Å². The van der Waals surface area contributed by atoms with Crippen LogP contribution in [0.4, 0.5) is 0 Å². The van der Waals surface area contributed by atoms with Crippen LogP contribution in [0, 0.1) is 5.92 Å². The lowest BCUT2D eigenvalue weighted by atomic mass is 10.0. The fourth-order valence-corrected chi connectivity index (χ4v) is 1.90. The zero-order valence-corrected chi connectivity index (χ0v) is 11.8. The molecule has 0 fully saturated rings. The molecule has 1 aromatic rings. The SMILES string of the molecule is CCc1cc(C(=O)N[C@@H](C(=O)O)C(C)C)oc1CC. The van der Waals surface area contributed by atoms with Crippen LogP contribution < -0.4 is 5.32 Å². The number of rotatable bonds is 6. The fourth-order valence-electron chi connectivity index (χ4n) is 1.90. The molecule has 0 aliphatic heterocycles. The number of carboxylic acid groups (broad SMARTS) is 1. The number of aliphatic carboxylic acids is 1. The van der Waals surface area contributed by atoms with Crippen LogP contribution in [-0.4, -0.2) is 23.0 Å². The molecule has 1 atom stereocenters. The number of carbonyl (C=O) groups is 2. The van der Waals surface area contributed by atoms with E-state index in [0.717, 1.165) is 17.7 Å². The number of carboxylic acids is 1. The molecule has 0 aliphatic rings. The van der Waals surface area contributed by atoms with Crippen LogP contribution >= 0.6 is 0 Å². The van der Waals surface area contributed by atoms with Gasteiger partial charge in [-0.05, 0) is 24.0 Å². The molecule has 5 nitrogen and oxygen atoms in total. The topological polar surface area (TPSA) is 79.5 Å². The Morgan fingerprint density at radius 1 is 1.32 bits per heavy atom. The molecular weight excluding hydrogens is 246 g/mol. The third-order valence-electron chi connectivity index (χ3n) is 3.04. The Morgan fingerprint density at radius 2 is 1.95 bits per heavy atom. The van der Waals surface area contributed by atoms with E-state index < -0.39 is 17.9 Å². The van der Waals surface area contributed by atoms with Crippen LogP contribution in [0.15, 0.2) is 10.5 Å². The molecular formula is C14H21NO4. The van der Waals surface area contributed by atoms with Gasteiger partial charge in [-0.2, -0.15) is 0 Å². The molecule has 2 N–H and O–H groups in total. The average molecular weight is 267 g/mol. The van der Waals surface area contributed by atoms with Crippen LogP contribution in [-0.2, 0) is 17.6 Å². The van der Waals surface area contributed by atoms with Crippen molar-refractivity contribution in [3.8, 4) is 0 Å². The van der Waals surface area contributed by atoms with E-state index in [9.17, 15) is 9.59 Å². The van der Waals surface area contributed by atoms with Gasteiger partial charge in [-0.25, -0.2) is 4.79 Å². The van der Waals surface area contributed by atoms with Crippen LogP contribution in [0.5, 0.6) is 0 Å². The van der Waals surface area contributed by atoms with Crippen molar-refractivity contribution in [1.29, 1.82) is 0 Å². The Labute approximate surface area is 113 Å². The van der Waals surface area contributed by atoms with Gasteiger partial charge < -0.3 is 14.8 Å². The van der Waals surface area contributed by atoms with E-state index in [0.29, 0.717) is 6.42 Å². The standard InChI is InChI=1S/C14H21NO4/c1-5-9-7-11(19-10(9)6-2)13(16)15-12(8(3)4)14(17)18/h7-8,12H,5-6H2,1-4H3,(H,15,16)(H,17,18)/t12-/m1/s1. The van der Waals surface area contributed by atoms with E-state index in [2.05, 4.69) is 5.32 Å². The van der Waals surface area contributed by atoms with E-state index in [-0.39, 0.29) is 11.7 Å². The molecule has 0 radical (unpaired) electrons. The summed E-state index contributed by atoms with van der Waals surface area (Å²) in [6, 6.07) is 0.778. The maximum absolute atomic E-state index is 12.0. The Bertz CT molecular complexity index is 441. The number of furan rings is 1. The Kier molecular flexibility index (Phi) is 5.15. The van der Waals surface area contributed by atoms with Gasteiger partial charge in [0.2, 0.25) is 0 Å². The largest absolute Gasteiger partial charge is 0.480 e. The highest BCUT2D eigenvalue weighted by Gasteiger charge is 2.25. The summed E-state index contributed by atoms with van der Waals surface area (Å²) in [4.78, 5) is 23.0. The van der Waals surface area contributed by atoms with E-state index in [1.807, 2.05) is 13.8 Å². The molecule has 1 rings (SSSR count). The summed E-state index contributed by atoms with van der Waals surface area (Å²) in [7, 11) is 0. The molecule has 1 amide bonds. The smallest absolute Gasteiger partial charge is 0.326 e. The summed E-state index contributed by atoms with van der Waals surface area (Å²) in [6.07, 6.45) is 1.50. The Morgan fingerprint density at radius 3 is 2.32 bits per heavy atom. The summed E-state index contributed by atoms with van der Waals surface area (Å²) < 4.78 is 5.47. The molecule has 0 bridgehead atoms. The van der Waals surface area contributed by atoms with Gasteiger partial charge in [0, 0.05) is 6.42 Å². The van der Waals surface area contributed by atoms with Gasteiger partial charge in [-0.15, -0.1) is 0 Å². The van der Waals surface area contributed by atoms with Crippen molar-refractivity contribution in [2.75, 3.05) is 0 Å². The maximum Gasteiger partial charge on any atom is 0.326 e. The third-order valence-corrected chi connectivity index (χ3v) is 3.04. The van der Waals surface area contributed by atoms with Crippen molar-refractivity contribution in [2.24, 2.45) is 5.92 Å². The van der Waals surface area contributed by atoms with Crippen LogP contribution in [0.3, 0.4) is 0 Å². The minimum Gasteiger partial charge on any atom is -0.480 e. The first-order valence-corrected chi connectivity index (χ1v) is 6.55. The van der Waals surface area contributed by atoms with Gasteiger partial charge in [0.1, 0.15) is 11.8 Å². The highest BCUT2D eigenvalue weighted by molar-refractivity contribution is 5.94. The monoisotopic (exact) mass is 267 g/mol. The summed E-state index contributed by atoms with van der Waals surface area (Å²) in [5.41, 5.74) is 0.990. The lowest BCUT2D eigenvalue weighted by molar-refractivity contribution is -0.140. The summed E-state index contributed by atoms with van der Waals surface area (Å²) in [5, 5.41) is 11.5. The second kappa shape index (κ2) is 6.41. The number of aryl methyl sites for hydroxylation is 2. The number of nitrogens with one attached hydrogen (secondary N) is 1. The van der Waals surface area contributed by atoms with Gasteiger partial charge in [0.15, 0.2) is 5.76 Å². The Hall–Kier alpha value is -1.78. The molecule has 0 spiro atoms. The molecule has 106 valence electrons. The number of hydrogen-bond acceptors (Lipinski definition) is 3. The molecule has 0 aliphatic carbocycles. The van der Waals surface area contributed by atoms with Gasteiger partial charge in [-0.1, -0.05) is 27.7 Å². The van der Waals surface area contributed by atoms with Crippen molar-refractivity contribution in [3.05, 3.63) is 23.2 Å². The quantitative estimate of drug-likeness (QED) is 0.828. The lowest BCUT2D eigenvalue weighted by Crippen LogP contribution is -2.44. The van der Waals surface area contributed by atoms with Crippen LogP contribution in [0.2, 0.25) is 0 Å².